The number of benzene rings is 3. The first-order valence-electron chi connectivity index (χ1n) is 14.7. The van der Waals surface area contributed by atoms with Gasteiger partial charge in [0.2, 0.25) is 5.91 Å². The molecule has 0 saturated heterocycles. The standard InChI is InChI=1S/C34H31FN6O4S2/c1-44-28-11-6-10-25(33(28)45-2)27-19-26(29-12-7-17-46-29)39-41(27)32(43)21-47-34-38-37-30(40(34)24-15-13-23(35)14-16-24)20-36-31(42)18-22-8-4-3-5-9-22/h3-17,27H,18-21H2,1-2H3,(H,36,42). The third kappa shape index (κ3) is 7.21. The lowest BCUT2D eigenvalue weighted by atomic mass is 9.99. The topological polar surface area (TPSA) is 111 Å². The van der Waals surface area contributed by atoms with Crippen molar-refractivity contribution in [1.82, 2.24) is 25.1 Å². The summed E-state index contributed by atoms with van der Waals surface area (Å²) < 4.78 is 26.8. The molecule has 2 amide bonds. The highest BCUT2D eigenvalue weighted by Gasteiger charge is 2.36. The third-order valence-corrected chi connectivity index (χ3v) is 9.36. The lowest BCUT2D eigenvalue weighted by Crippen LogP contribution is -2.29. The van der Waals surface area contributed by atoms with Crippen LogP contribution in [0.4, 0.5) is 4.39 Å². The van der Waals surface area contributed by atoms with Crippen molar-refractivity contribution in [3.8, 4) is 17.2 Å². The Balaban J connectivity index is 1.24. The number of hydrogen-bond donors (Lipinski definition) is 1. The number of carbonyl (C=O) groups is 2. The quantitative estimate of drug-likeness (QED) is 0.167. The van der Waals surface area contributed by atoms with E-state index in [1.807, 2.05) is 66.0 Å². The lowest BCUT2D eigenvalue weighted by Gasteiger charge is -2.24. The van der Waals surface area contributed by atoms with Crippen molar-refractivity contribution in [2.75, 3.05) is 20.0 Å². The van der Waals surface area contributed by atoms with Crippen LogP contribution in [0, 0.1) is 5.82 Å². The van der Waals surface area contributed by atoms with Crippen LogP contribution >= 0.6 is 23.1 Å². The Morgan fingerprint density at radius 2 is 1.79 bits per heavy atom. The number of hydrogen-bond acceptors (Lipinski definition) is 9. The number of thioether (sulfide) groups is 1. The van der Waals surface area contributed by atoms with Crippen molar-refractivity contribution < 1.29 is 23.5 Å². The van der Waals surface area contributed by atoms with Crippen LogP contribution in [0.5, 0.6) is 11.5 Å². The van der Waals surface area contributed by atoms with Gasteiger partial charge in [0, 0.05) is 17.7 Å². The third-order valence-electron chi connectivity index (χ3n) is 7.53. The second kappa shape index (κ2) is 14.6. The summed E-state index contributed by atoms with van der Waals surface area (Å²) in [6.45, 7) is 0.0862. The van der Waals surface area contributed by atoms with Crippen LogP contribution in [0.15, 0.2) is 101 Å². The summed E-state index contributed by atoms with van der Waals surface area (Å²) >= 11 is 2.74. The van der Waals surface area contributed by atoms with Gasteiger partial charge in [-0.05, 0) is 47.3 Å². The Bertz CT molecular complexity index is 1880. The summed E-state index contributed by atoms with van der Waals surface area (Å²) in [5, 5.41) is 20.2. The van der Waals surface area contributed by atoms with E-state index in [1.165, 1.54) is 28.9 Å². The molecule has 1 unspecified atom stereocenters. The number of hydrazone groups is 1. The first-order valence-corrected chi connectivity index (χ1v) is 16.6. The van der Waals surface area contributed by atoms with Crippen molar-refractivity contribution in [2.45, 2.75) is 30.6 Å². The highest BCUT2D eigenvalue weighted by atomic mass is 32.2. The molecule has 1 N–H and O–H groups in total. The molecule has 3 heterocycles. The Hall–Kier alpha value is -5.01. The van der Waals surface area contributed by atoms with Crippen LogP contribution < -0.4 is 14.8 Å². The molecule has 1 aliphatic heterocycles. The molecule has 13 heteroatoms. The van der Waals surface area contributed by atoms with Crippen molar-refractivity contribution in [3.63, 3.8) is 0 Å². The normalized spacial score (nSPS) is 14.1. The average Bonchev–Trinajstić information content (AvgIpc) is 3.87. The molecule has 5 aromatic rings. The fourth-order valence-electron chi connectivity index (χ4n) is 5.32. The Kier molecular flexibility index (Phi) is 9.93. The second-order valence-corrected chi connectivity index (χ2v) is 12.4. The van der Waals surface area contributed by atoms with Crippen molar-refractivity contribution in [3.05, 3.63) is 118 Å². The van der Waals surface area contributed by atoms with Crippen LogP contribution in [-0.2, 0) is 22.6 Å². The van der Waals surface area contributed by atoms with Crippen molar-refractivity contribution in [1.29, 1.82) is 0 Å². The van der Waals surface area contributed by atoms with Crippen molar-refractivity contribution in [2.24, 2.45) is 5.10 Å². The van der Waals surface area contributed by atoms with E-state index in [-0.39, 0.29) is 30.5 Å². The number of ether oxygens (including phenoxy) is 2. The van der Waals surface area contributed by atoms with E-state index in [0.29, 0.717) is 34.6 Å². The van der Waals surface area contributed by atoms with E-state index in [0.717, 1.165) is 21.7 Å². The van der Waals surface area contributed by atoms with Gasteiger partial charge in [0.05, 0.1) is 49.6 Å². The summed E-state index contributed by atoms with van der Waals surface area (Å²) in [6, 6.07) is 24.4. The fraction of sp³-hybridized carbons (Fsp3) is 0.206. The van der Waals surface area contributed by atoms with Crippen LogP contribution in [0.1, 0.15) is 34.3 Å². The molecule has 0 bridgehead atoms. The summed E-state index contributed by atoms with van der Waals surface area (Å²) in [5.74, 6) is 0.714. The number of nitrogens with zero attached hydrogens (tertiary/aromatic N) is 5. The number of carbonyl (C=O) groups excluding carboxylic acids is 2. The maximum atomic E-state index is 13.9. The van der Waals surface area contributed by atoms with E-state index < -0.39 is 11.9 Å². The summed E-state index contributed by atoms with van der Waals surface area (Å²) in [4.78, 5) is 27.6. The minimum atomic E-state index is -0.421. The molecule has 0 saturated carbocycles. The van der Waals surface area contributed by atoms with Crippen LogP contribution in [0.25, 0.3) is 5.69 Å². The van der Waals surface area contributed by atoms with Gasteiger partial charge in [0.1, 0.15) is 5.82 Å². The molecule has 1 aliphatic rings. The van der Waals surface area contributed by atoms with Gasteiger partial charge in [-0.1, -0.05) is 60.3 Å². The average molecular weight is 671 g/mol. The SMILES string of the molecule is COc1cccc(C2CC(c3cccs3)=NN2C(=O)CSc2nnc(CNC(=O)Cc3ccccc3)n2-c2ccc(F)cc2)c1OC. The predicted molar refractivity (Wildman–Crippen MR) is 179 cm³/mol. The summed E-state index contributed by atoms with van der Waals surface area (Å²) in [7, 11) is 3.15. The Morgan fingerprint density at radius 3 is 2.51 bits per heavy atom. The molecule has 2 aromatic heterocycles. The zero-order valence-electron chi connectivity index (χ0n) is 25.6. The lowest BCUT2D eigenvalue weighted by molar-refractivity contribution is -0.130. The van der Waals surface area contributed by atoms with E-state index in [1.54, 1.807) is 42.3 Å². The number of methoxy groups -OCH3 is 2. The molecule has 240 valence electrons. The van der Waals surface area contributed by atoms with Gasteiger partial charge in [-0.15, -0.1) is 21.5 Å². The molecule has 47 heavy (non-hydrogen) atoms. The number of nitrogens with one attached hydrogen (secondary N) is 1. The highest BCUT2D eigenvalue weighted by molar-refractivity contribution is 7.99. The number of para-hydroxylation sites is 1. The number of thiophene rings is 1. The number of rotatable bonds is 12. The molecule has 0 radical (unpaired) electrons. The minimum absolute atomic E-state index is 0.0102. The molecule has 1 atom stereocenters. The maximum absolute atomic E-state index is 13.9. The van der Waals surface area contributed by atoms with Crippen LogP contribution in [0.3, 0.4) is 0 Å². The van der Waals surface area contributed by atoms with Crippen molar-refractivity contribution >= 4 is 40.6 Å². The molecule has 0 aliphatic carbocycles. The Labute approximate surface area is 279 Å². The van der Waals surface area contributed by atoms with E-state index in [9.17, 15) is 14.0 Å². The molecule has 0 spiro atoms. The molecule has 6 rings (SSSR count). The van der Waals surface area contributed by atoms with Crippen LogP contribution in [-0.4, -0.2) is 57.3 Å². The molecule has 10 nitrogen and oxygen atoms in total. The zero-order valence-corrected chi connectivity index (χ0v) is 27.3. The highest BCUT2D eigenvalue weighted by Crippen LogP contribution is 2.42. The summed E-state index contributed by atoms with van der Waals surface area (Å²) in [5.41, 5.74) is 3.06. The van der Waals surface area contributed by atoms with Gasteiger partial charge in [-0.25, -0.2) is 9.40 Å². The smallest absolute Gasteiger partial charge is 0.253 e. The minimum Gasteiger partial charge on any atom is -0.493 e. The van der Waals surface area contributed by atoms with Crippen LogP contribution in [0.2, 0.25) is 0 Å². The number of halogens is 1. The predicted octanol–water partition coefficient (Wildman–Crippen LogP) is 5.81. The van der Waals surface area contributed by atoms with Gasteiger partial charge in [-0.3, -0.25) is 14.2 Å². The number of aromatic nitrogens is 3. The van der Waals surface area contributed by atoms with Gasteiger partial charge >= 0.3 is 0 Å². The monoisotopic (exact) mass is 670 g/mol. The van der Waals surface area contributed by atoms with Gasteiger partial charge in [-0.2, -0.15) is 5.10 Å². The first kappa shape index (κ1) is 32.0. The molecule has 3 aromatic carbocycles. The molecule has 0 fully saturated rings. The number of amides is 2. The van der Waals surface area contributed by atoms with E-state index in [4.69, 9.17) is 14.6 Å². The Morgan fingerprint density at radius 1 is 0.979 bits per heavy atom. The molecular weight excluding hydrogens is 640 g/mol. The molecular formula is C34H31FN6O4S2. The second-order valence-electron chi connectivity index (χ2n) is 10.5. The largest absolute Gasteiger partial charge is 0.493 e. The van der Waals surface area contributed by atoms with E-state index >= 15 is 0 Å². The first-order chi connectivity index (χ1) is 22.9. The zero-order chi connectivity index (χ0) is 32.8. The van der Waals surface area contributed by atoms with Gasteiger partial charge in [0.15, 0.2) is 22.5 Å². The van der Waals surface area contributed by atoms with Gasteiger partial charge in [0.25, 0.3) is 5.91 Å². The van der Waals surface area contributed by atoms with E-state index in [2.05, 4.69) is 15.5 Å². The fourth-order valence-corrected chi connectivity index (χ4v) is 6.86. The summed E-state index contributed by atoms with van der Waals surface area (Å²) in [6.07, 6.45) is 0.712. The maximum Gasteiger partial charge on any atom is 0.253 e. The van der Waals surface area contributed by atoms with Gasteiger partial charge < -0.3 is 14.8 Å².